The maximum absolute atomic E-state index is 13.2. The number of rotatable bonds is 4. The zero-order valence-corrected chi connectivity index (χ0v) is 17.0. The minimum Gasteiger partial charge on any atom is -0.360 e. The van der Waals surface area contributed by atoms with Gasteiger partial charge < -0.3 is 9.09 Å². The molecular weight excluding hydrogens is 378 g/mol. The van der Waals surface area contributed by atoms with Crippen molar-refractivity contribution < 1.29 is 12.9 Å². The topological polar surface area (TPSA) is 94.1 Å². The molecule has 3 aromatic rings. The first-order valence-corrected chi connectivity index (χ1v) is 10.7. The van der Waals surface area contributed by atoms with Crippen LogP contribution in [0.1, 0.15) is 36.0 Å². The second-order valence-corrected chi connectivity index (χ2v) is 9.02. The summed E-state index contributed by atoms with van der Waals surface area (Å²) in [6, 6.07) is 3.84. The molecule has 1 atom stereocenters. The highest BCUT2D eigenvalue weighted by Crippen LogP contribution is 2.32. The Bertz CT molecular complexity index is 1070. The molecule has 1 fully saturated rings. The van der Waals surface area contributed by atoms with Crippen molar-refractivity contribution in [2.75, 3.05) is 13.1 Å². The van der Waals surface area contributed by atoms with Gasteiger partial charge >= 0.3 is 0 Å². The fourth-order valence-corrected chi connectivity index (χ4v) is 5.75. The molecule has 3 aromatic heterocycles. The van der Waals surface area contributed by atoms with Crippen LogP contribution in [0.4, 0.5) is 0 Å². The molecule has 28 heavy (non-hydrogen) atoms. The summed E-state index contributed by atoms with van der Waals surface area (Å²) in [5.74, 6) is 1.16. The van der Waals surface area contributed by atoms with E-state index in [9.17, 15) is 8.42 Å². The summed E-state index contributed by atoms with van der Waals surface area (Å²) in [7, 11) is -3.66. The highest BCUT2D eigenvalue weighted by molar-refractivity contribution is 7.89. The molecular formula is C19H23N5O3S. The molecule has 4 heterocycles. The van der Waals surface area contributed by atoms with Crippen LogP contribution in [0.25, 0.3) is 11.4 Å². The molecule has 0 aromatic carbocycles. The fourth-order valence-electron chi connectivity index (χ4n) is 3.94. The number of imidazole rings is 1. The van der Waals surface area contributed by atoms with Crippen molar-refractivity contribution in [2.45, 2.75) is 44.6 Å². The maximum atomic E-state index is 13.2. The normalized spacial score (nSPS) is 18.5. The Morgan fingerprint density at radius 1 is 1.18 bits per heavy atom. The van der Waals surface area contributed by atoms with E-state index in [2.05, 4.69) is 19.7 Å². The first-order valence-electron chi connectivity index (χ1n) is 9.27. The Hall–Kier alpha value is -2.52. The largest absolute Gasteiger partial charge is 0.360 e. The van der Waals surface area contributed by atoms with Crippen LogP contribution in [0.2, 0.25) is 0 Å². The van der Waals surface area contributed by atoms with Crippen LogP contribution in [0.15, 0.2) is 40.1 Å². The number of hydrogen-bond donors (Lipinski definition) is 0. The van der Waals surface area contributed by atoms with Crippen LogP contribution in [0, 0.1) is 20.8 Å². The molecule has 1 unspecified atom stereocenters. The minimum atomic E-state index is -3.66. The van der Waals surface area contributed by atoms with Crippen molar-refractivity contribution >= 4 is 10.0 Å². The second kappa shape index (κ2) is 7.14. The monoisotopic (exact) mass is 401 g/mol. The predicted molar refractivity (Wildman–Crippen MR) is 103 cm³/mol. The first-order chi connectivity index (χ1) is 13.4. The van der Waals surface area contributed by atoms with E-state index in [1.807, 2.05) is 25.3 Å². The van der Waals surface area contributed by atoms with Crippen molar-refractivity contribution in [1.29, 1.82) is 0 Å². The van der Waals surface area contributed by atoms with Crippen LogP contribution in [0.5, 0.6) is 0 Å². The summed E-state index contributed by atoms with van der Waals surface area (Å²) in [6.07, 6.45) is 6.97. The van der Waals surface area contributed by atoms with Crippen molar-refractivity contribution in [3.63, 3.8) is 0 Å². The third kappa shape index (κ3) is 3.14. The van der Waals surface area contributed by atoms with E-state index in [-0.39, 0.29) is 10.9 Å². The van der Waals surface area contributed by atoms with E-state index in [4.69, 9.17) is 4.52 Å². The Balaban J connectivity index is 1.69. The van der Waals surface area contributed by atoms with Crippen molar-refractivity contribution in [3.8, 4) is 11.4 Å². The Labute approximate surface area is 164 Å². The average Bonchev–Trinajstić information content (AvgIpc) is 3.24. The highest BCUT2D eigenvalue weighted by Gasteiger charge is 2.35. The molecule has 148 valence electrons. The smallest absolute Gasteiger partial charge is 0.248 e. The van der Waals surface area contributed by atoms with Crippen LogP contribution in [-0.4, -0.2) is 45.5 Å². The van der Waals surface area contributed by atoms with Gasteiger partial charge in [0.15, 0.2) is 5.76 Å². The Morgan fingerprint density at radius 3 is 2.61 bits per heavy atom. The lowest BCUT2D eigenvalue weighted by molar-refractivity contribution is 0.265. The van der Waals surface area contributed by atoms with E-state index < -0.39 is 10.0 Å². The first kappa shape index (κ1) is 18.8. The average molecular weight is 401 g/mol. The standard InChI is InChI=1S/C19H23N5O3S/c1-13-11-21-19(16-6-8-20-9-7-16)24(13)17-5-4-10-23(12-17)28(25,26)18-14(2)22-27-15(18)3/h6-9,11,17H,4-5,10,12H2,1-3H3. The van der Waals surface area contributed by atoms with E-state index in [1.165, 1.54) is 0 Å². The van der Waals surface area contributed by atoms with Gasteiger partial charge in [-0.05, 0) is 45.7 Å². The van der Waals surface area contributed by atoms with Crippen LogP contribution in [-0.2, 0) is 10.0 Å². The maximum Gasteiger partial charge on any atom is 0.248 e. The zero-order valence-electron chi connectivity index (χ0n) is 16.2. The fraction of sp³-hybridized carbons (Fsp3) is 0.421. The van der Waals surface area contributed by atoms with Gasteiger partial charge in [0.2, 0.25) is 10.0 Å². The van der Waals surface area contributed by atoms with Gasteiger partial charge in [-0.3, -0.25) is 4.98 Å². The number of aromatic nitrogens is 4. The SMILES string of the molecule is Cc1noc(C)c1S(=O)(=O)N1CCCC(n2c(C)cnc2-c2ccncc2)C1. The Morgan fingerprint density at radius 2 is 1.93 bits per heavy atom. The molecule has 0 radical (unpaired) electrons. The van der Waals surface area contributed by atoms with E-state index in [0.29, 0.717) is 24.5 Å². The second-order valence-electron chi connectivity index (χ2n) is 7.14. The number of pyridine rings is 1. The molecule has 9 heteroatoms. The molecule has 1 saturated heterocycles. The number of nitrogens with zero attached hydrogens (tertiary/aromatic N) is 5. The van der Waals surface area contributed by atoms with E-state index in [1.54, 1.807) is 30.5 Å². The van der Waals surface area contributed by atoms with Gasteiger partial charge in [0.1, 0.15) is 16.4 Å². The zero-order chi connectivity index (χ0) is 19.9. The molecule has 0 bridgehead atoms. The number of sulfonamides is 1. The van der Waals surface area contributed by atoms with Crippen molar-refractivity contribution in [2.24, 2.45) is 0 Å². The highest BCUT2D eigenvalue weighted by atomic mass is 32.2. The lowest BCUT2D eigenvalue weighted by atomic mass is 10.1. The molecule has 0 N–H and O–H groups in total. The molecule has 8 nitrogen and oxygen atoms in total. The van der Waals surface area contributed by atoms with Gasteiger partial charge in [0.25, 0.3) is 0 Å². The summed E-state index contributed by atoms with van der Waals surface area (Å²) in [5, 5.41) is 3.81. The summed E-state index contributed by atoms with van der Waals surface area (Å²) >= 11 is 0. The van der Waals surface area contributed by atoms with Crippen LogP contribution in [0.3, 0.4) is 0 Å². The van der Waals surface area contributed by atoms with Gasteiger partial charge in [0, 0.05) is 49.0 Å². The number of aryl methyl sites for hydroxylation is 3. The third-order valence-corrected chi connectivity index (χ3v) is 7.32. The van der Waals surface area contributed by atoms with Gasteiger partial charge in [-0.1, -0.05) is 5.16 Å². The lowest BCUT2D eigenvalue weighted by Crippen LogP contribution is -2.41. The third-order valence-electron chi connectivity index (χ3n) is 5.21. The van der Waals surface area contributed by atoms with Crippen molar-refractivity contribution in [1.82, 2.24) is 24.0 Å². The minimum absolute atomic E-state index is 0.00895. The number of hydrogen-bond acceptors (Lipinski definition) is 6. The Kier molecular flexibility index (Phi) is 4.80. The molecule has 0 amide bonds. The molecule has 0 saturated carbocycles. The molecule has 1 aliphatic heterocycles. The molecule has 1 aliphatic rings. The number of piperidine rings is 1. The molecule has 4 rings (SSSR count). The van der Waals surface area contributed by atoms with Gasteiger partial charge in [-0.2, -0.15) is 4.31 Å². The van der Waals surface area contributed by atoms with Crippen LogP contribution < -0.4 is 0 Å². The lowest BCUT2D eigenvalue weighted by Gasteiger charge is -2.34. The van der Waals surface area contributed by atoms with E-state index >= 15 is 0 Å². The van der Waals surface area contributed by atoms with E-state index in [0.717, 1.165) is 29.9 Å². The quantitative estimate of drug-likeness (QED) is 0.667. The van der Waals surface area contributed by atoms with Crippen molar-refractivity contribution in [3.05, 3.63) is 47.9 Å². The summed E-state index contributed by atoms with van der Waals surface area (Å²) in [4.78, 5) is 8.82. The van der Waals surface area contributed by atoms with Gasteiger partial charge in [0.05, 0.1) is 0 Å². The van der Waals surface area contributed by atoms with Crippen LogP contribution >= 0.6 is 0 Å². The van der Waals surface area contributed by atoms with Gasteiger partial charge in [-0.25, -0.2) is 13.4 Å². The predicted octanol–water partition coefficient (Wildman–Crippen LogP) is 2.88. The summed E-state index contributed by atoms with van der Waals surface area (Å²) in [6.45, 7) is 6.17. The summed E-state index contributed by atoms with van der Waals surface area (Å²) in [5.41, 5.74) is 2.37. The van der Waals surface area contributed by atoms with Gasteiger partial charge in [-0.15, -0.1) is 0 Å². The molecule has 0 aliphatic carbocycles. The molecule has 0 spiro atoms. The summed E-state index contributed by atoms with van der Waals surface area (Å²) < 4.78 is 35.3.